The van der Waals surface area contributed by atoms with Crippen LogP contribution in [0.4, 0.5) is 18.9 Å². The van der Waals surface area contributed by atoms with Crippen LogP contribution in [0.1, 0.15) is 42.4 Å². The molecule has 6 nitrogen and oxygen atoms in total. The first-order valence-electron chi connectivity index (χ1n) is 9.99. The van der Waals surface area contributed by atoms with Crippen LogP contribution in [0, 0.1) is 11.3 Å². The summed E-state index contributed by atoms with van der Waals surface area (Å²) in [4.78, 5) is 13.1. The van der Waals surface area contributed by atoms with Gasteiger partial charge in [0.15, 0.2) is 15.4 Å². The number of sulfone groups is 1. The smallest absolute Gasteiger partial charge is 0.374 e. The molecular formula is C22H20ClF3N2O4S. The van der Waals surface area contributed by atoms with E-state index in [1.54, 1.807) is 0 Å². The lowest BCUT2D eigenvalue weighted by molar-refractivity contribution is -0.138. The summed E-state index contributed by atoms with van der Waals surface area (Å²) in [6.07, 6.45) is -2.62. The van der Waals surface area contributed by atoms with Gasteiger partial charge in [-0.3, -0.25) is 4.79 Å². The average Bonchev–Trinajstić information content (AvgIpc) is 3.29. The Morgan fingerprint density at radius 1 is 1.15 bits per heavy atom. The number of nitrogens with zero attached hydrogens (tertiary/aromatic N) is 1. The van der Waals surface area contributed by atoms with E-state index in [-0.39, 0.29) is 16.3 Å². The second-order valence-corrected chi connectivity index (χ2v) is 10.6. The highest BCUT2D eigenvalue weighted by atomic mass is 35.5. The maximum atomic E-state index is 13.3. The summed E-state index contributed by atoms with van der Waals surface area (Å²) < 4.78 is 65.8. The molecule has 1 saturated carbocycles. The Bertz CT molecular complexity index is 1190. The molecule has 2 N–H and O–H groups in total. The number of amides is 1. The molecule has 1 aliphatic rings. The minimum atomic E-state index is -4.86. The summed E-state index contributed by atoms with van der Waals surface area (Å²) in [5, 5.41) is 22.0. The minimum absolute atomic E-state index is 0.0735. The zero-order valence-corrected chi connectivity index (χ0v) is 18.8. The van der Waals surface area contributed by atoms with Gasteiger partial charge in [0.25, 0.3) is 5.91 Å². The van der Waals surface area contributed by atoms with E-state index in [0.29, 0.717) is 31.7 Å². The lowest BCUT2D eigenvalue weighted by Gasteiger charge is -2.29. The van der Waals surface area contributed by atoms with Crippen LogP contribution in [-0.2, 0) is 26.4 Å². The van der Waals surface area contributed by atoms with Gasteiger partial charge in [-0.05, 0) is 48.7 Å². The van der Waals surface area contributed by atoms with E-state index in [1.165, 1.54) is 30.3 Å². The number of carbonyl (C=O) groups excluding carboxylic acids is 1. The van der Waals surface area contributed by atoms with Crippen LogP contribution >= 0.6 is 11.6 Å². The number of anilines is 1. The van der Waals surface area contributed by atoms with Crippen molar-refractivity contribution >= 4 is 33.0 Å². The Balaban J connectivity index is 2.00. The molecule has 11 heteroatoms. The second-order valence-electron chi connectivity index (χ2n) is 7.90. The van der Waals surface area contributed by atoms with Crippen LogP contribution in [0.15, 0.2) is 42.5 Å². The summed E-state index contributed by atoms with van der Waals surface area (Å²) in [5.41, 5.74) is -4.92. The van der Waals surface area contributed by atoms with Crippen molar-refractivity contribution < 1.29 is 31.5 Å². The number of nitrogens with one attached hydrogen (secondary N) is 1. The molecule has 0 aromatic heterocycles. The van der Waals surface area contributed by atoms with Gasteiger partial charge < -0.3 is 10.4 Å². The second kappa shape index (κ2) is 9.33. The van der Waals surface area contributed by atoms with E-state index in [0.717, 1.165) is 12.1 Å². The summed E-state index contributed by atoms with van der Waals surface area (Å²) in [5.74, 6) is -2.16. The Labute approximate surface area is 193 Å². The molecule has 1 amide bonds. The van der Waals surface area contributed by atoms with Crippen molar-refractivity contribution in [1.82, 2.24) is 0 Å². The molecule has 1 unspecified atom stereocenters. The standard InChI is InChI=1S/C22H20ClF3N2O4S/c23-16-8-6-15(7-9-16)21(30,13-33(31,32)18-3-1-2-4-18)20(29)28-17-10-5-14(12-27)19(11-17)22(24,25)26/h5-11,18,30H,1-4,13H2,(H,28,29). The van der Waals surface area contributed by atoms with Crippen molar-refractivity contribution in [2.24, 2.45) is 0 Å². The van der Waals surface area contributed by atoms with Gasteiger partial charge in [-0.15, -0.1) is 0 Å². The van der Waals surface area contributed by atoms with Gasteiger partial charge >= 0.3 is 6.18 Å². The third-order valence-corrected chi connectivity index (χ3v) is 8.18. The molecule has 0 saturated heterocycles. The number of benzene rings is 2. The summed E-state index contributed by atoms with van der Waals surface area (Å²) in [6.45, 7) is 0. The van der Waals surface area contributed by atoms with Crippen molar-refractivity contribution in [2.75, 3.05) is 11.1 Å². The quantitative estimate of drug-likeness (QED) is 0.610. The molecule has 2 aromatic carbocycles. The SMILES string of the molecule is N#Cc1ccc(NC(=O)C(O)(CS(=O)(=O)C2CCCC2)c2ccc(Cl)cc2)cc1C(F)(F)F. The lowest BCUT2D eigenvalue weighted by Crippen LogP contribution is -2.47. The number of hydrogen-bond donors (Lipinski definition) is 2. The predicted molar refractivity (Wildman–Crippen MR) is 116 cm³/mol. The molecular weight excluding hydrogens is 481 g/mol. The third-order valence-electron chi connectivity index (χ3n) is 5.62. The van der Waals surface area contributed by atoms with Crippen LogP contribution in [0.3, 0.4) is 0 Å². The van der Waals surface area contributed by atoms with Gasteiger partial charge in [0, 0.05) is 10.7 Å². The van der Waals surface area contributed by atoms with Gasteiger partial charge in [0.2, 0.25) is 0 Å². The molecule has 1 aliphatic carbocycles. The number of hydrogen-bond acceptors (Lipinski definition) is 5. The van der Waals surface area contributed by atoms with Gasteiger partial charge in [0.05, 0.1) is 28.2 Å². The first-order valence-corrected chi connectivity index (χ1v) is 12.1. The maximum absolute atomic E-state index is 13.3. The first kappa shape index (κ1) is 25.0. The Morgan fingerprint density at radius 3 is 2.30 bits per heavy atom. The van der Waals surface area contributed by atoms with Crippen molar-refractivity contribution in [3.05, 3.63) is 64.2 Å². The van der Waals surface area contributed by atoms with E-state index in [1.807, 2.05) is 0 Å². The van der Waals surface area contributed by atoms with E-state index in [2.05, 4.69) is 5.32 Å². The van der Waals surface area contributed by atoms with E-state index in [4.69, 9.17) is 16.9 Å². The fourth-order valence-electron chi connectivity index (χ4n) is 3.85. The molecule has 2 aromatic rings. The fraction of sp³-hybridized carbons (Fsp3) is 0.364. The zero-order chi connectivity index (χ0) is 24.4. The third kappa shape index (κ3) is 5.49. The van der Waals surface area contributed by atoms with Gasteiger partial charge in [-0.2, -0.15) is 18.4 Å². The van der Waals surface area contributed by atoms with E-state index < -0.39 is 49.7 Å². The highest BCUT2D eigenvalue weighted by Gasteiger charge is 2.45. The van der Waals surface area contributed by atoms with Crippen LogP contribution < -0.4 is 5.32 Å². The molecule has 1 fully saturated rings. The number of halogens is 4. The monoisotopic (exact) mass is 500 g/mol. The normalized spacial score (nSPS) is 16.7. The first-order chi connectivity index (χ1) is 15.4. The molecule has 0 heterocycles. The molecule has 0 aliphatic heterocycles. The molecule has 0 spiro atoms. The van der Waals surface area contributed by atoms with Crippen LogP contribution in [0.5, 0.6) is 0 Å². The summed E-state index contributed by atoms with van der Waals surface area (Å²) >= 11 is 5.86. The van der Waals surface area contributed by atoms with Crippen LogP contribution in [-0.4, -0.2) is 30.4 Å². The Morgan fingerprint density at radius 2 is 1.76 bits per heavy atom. The van der Waals surface area contributed by atoms with Crippen LogP contribution in [0.25, 0.3) is 0 Å². The minimum Gasteiger partial charge on any atom is -0.374 e. The number of rotatable bonds is 6. The van der Waals surface area contributed by atoms with Gasteiger partial charge in [-0.25, -0.2) is 8.42 Å². The van der Waals surface area contributed by atoms with Gasteiger partial charge in [-0.1, -0.05) is 36.6 Å². The largest absolute Gasteiger partial charge is 0.417 e. The number of alkyl halides is 3. The molecule has 0 radical (unpaired) electrons. The highest BCUT2D eigenvalue weighted by Crippen LogP contribution is 2.35. The van der Waals surface area contributed by atoms with E-state index in [9.17, 15) is 31.5 Å². The molecule has 33 heavy (non-hydrogen) atoms. The Kier molecular flexibility index (Phi) is 7.07. The topological polar surface area (TPSA) is 107 Å². The van der Waals surface area contributed by atoms with E-state index >= 15 is 0 Å². The zero-order valence-electron chi connectivity index (χ0n) is 17.2. The van der Waals surface area contributed by atoms with Crippen molar-refractivity contribution in [1.29, 1.82) is 5.26 Å². The lowest BCUT2D eigenvalue weighted by atomic mass is 9.94. The average molecular weight is 501 g/mol. The highest BCUT2D eigenvalue weighted by molar-refractivity contribution is 7.92. The van der Waals surface area contributed by atoms with Gasteiger partial charge in [0.1, 0.15) is 0 Å². The summed E-state index contributed by atoms with van der Waals surface area (Å²) in [7, 11) is -3.92. The number of nitriles is 1. The van der Waals surface area contributed by atoms with Crippen LogP contribution in [0.2, 0.25) is 5.02 Å². The van der Waals surface area contributed by atoms with Crippen molar-refractivity contribution in [3.8, 4) is 6.07 Å². The predicted octanol–water partition coefficient (Wildman–Crippen LogP) is 4.41. The Hall–Kier alpha value is -2.61. The number of aliphatic hydroxyl groups is 1. The van der Waals surface area contributed by atoms with Crippen molar-refractivity contribution in [2.45, 2.75) is 42.7 Å². The summed E-state index contributed by atoms with van der Waals surface area (Å²) in [6, 6.07) is 9.24. The fourth-order valence-corrected chi connectivity index (χ4v) is 6.14. The molecule has 3 rings (SSSR count). The van der Waals surface area contributed by atoms with Crippen molar-refractivity contribution in [3.63, 3.8) is 0 Å². The molecule has 176 valence electrons. The maximum Gasteiger partial charge on any atom is 0.417 e. The number of carbonyl (C=O) groups is 1. The molecule has 1 atom stereocenters. The molecule has 0 bridgehead atoms.